The van der Waals surface area contributed by atoms with Crippen LogP contribution in [0.1, 0.15) is 78.1 Å². The van der Waals surface area contributed by atoms with Crippen molar-refractivity contribution in [3.63, 3.8) is 0 Å². The number of carbonyl (C=O) groups is 1. The average Bonchev–Trinajstić information content (AvgIpc) is 2.51. The average molecular weight is 338 g/mol. The van der Waals surface area contributed by atoms with Crippen LogP contribution in [0.15, 0.2) is 11.9 Å². The van der Waals surface area contributed by atoms with Gasteiger partial charge in [-0.15, -0.1) is 0 Å². The third-order valence-corrected chi connectivity index (χ3v) is 3.47. The Morgan fingerprint density at radius 1 is 0.870 bits per heavy atom. The SMILES string of the molecule is CCCCCCCCCCCCOC(C)OC(=O)C(F)=C(F)F. The maximum atomic E-state index is 12.5. The van der Waals surface area contributed by atoms with Crippen molar-refractivity contribution in [1.29, 1.82) is 0 Å². The van der Waals surface area contributed by atoms with Crippen LogP contribution in [-0.2, 0) is 14.3 Å². The van der Waals surface area contributed by atoms with Gasteiger partial charge >= 0.3 is 12.0 Å². The predicted octanol–water partition coefficient (Wildman–Crippen LogP) is 5.89. The molecule has 0 fully saturated rings. The molecule has 0 heterocycles. The van der Waals surface area contributed by atoms with Crippen LogP contribution in [0.4, 0.5) is 13.2 Å². The first-order chi connectivity index (χ1) is 11.0. The molecule has 0 rings (SSSR count). The van der Waals surface area contributed by atoms with Gasteiger partial charge in [-0.25, -0.2) is 4.79 Å². The van der Waals surface area contributed by atoms with Gasteiger partial charge in [-0.3, -0.25) is 0 Å². The molecule has 0 aromatic heterocycles. The molecule has 0 saturated carbocycles. The summed E-state index contributed by atoms with van der Waals surface area (Å²) < 4.78 is 45.7. The molecule has 0 N–H and O–H groups in total. The summed E-state index contributed by atoms with van der Waals surface area (Å²) in [5.74, 6) is -3.86. The summed E-state index contributed by atoms with van der Waals surface area (Å²) in [6.45, 7) is 3.93. The number of ether oxygens (including phenoxy) is 2. The molecule has 1 unspecified atom stereocenters. The molecule has 0 amide bonds. The molecule has 0 aliphatic heterocycles. The van der Waals surface area contributed by atoms with Crippen LogP contribution in [-0.4, -0.2) is 18.9 Å². The fourth-order valence-electron chi connectivity index (χ4n) is 2.15. The normalized spacial score (nSPS) is 12.0. The summed E-state index contributed by atoms with van der Waals surface area (Å²) in [7, 11) is 0. The minimum absolute atomic E-state index is 0.356. The van der Waals surface area contributed by atoms with Crippen molar-refractivity contribution in [3.8, 4) is 0 Å². The number of rotatable bonds is 14. The topological polar surface area (TPSA) is 35.5 Å². The number of esters is 1. The molecule has 0 aromatic rings. The second kappa shape index (κ2) is 14.5. The lowest BCUT2D eigenvalue weighted by atomic mass is 10.1. The van der Waals surface area contributed by atoms with E-state index in [4.69, 9.17) is 4.74 Å². The van der Waals surface area contributed by atoms with E-state index in [0.29, 0.717) is 6.61 Å². The van der Waals surface area contributed by atoms with Crippen LogP contribution < -0.4 is 0 Å². The first kappa shape index (κ1) is 22.0. The fourth-order valence-corrected chi connectivity index (χ4v) is 2.15. The van der Waals surface area contributed by atoms with Crippen molar-refractivity contribution in [3.05, 3.63) is 11.9 Å². The summed E-state index contributed by atoms with van der Waals surface area (Å²) in [4.78, 5) is 10.9. The molecule has 1 atom stereocenters. The van der Waals surface area contributed by atoms with Crippen molar-refractivity contribution in [1.82, 2.24) is 0 Å². The van der Waals surface area contributed by atoms with Gasteiger partial charge in [0.1, 0.15) is 0 Å². The van der Waals surface area contributed by atoms with Crippen molar-refractivity contribution in [2.45, 2.75) is 84.3 Å². The molecule has 136 valence electrons. The summed E-state index contributed by atoms with van der Waals surface area (Å²) in [5, 5.41) is 0. The van der Waals surface area contributed by atoms with Crippen LogP contribution in [0.3, 0.4) is 0 Å². The monoisotopic (exact) mass is 338 g/mol. The molecule has 0 radical (unpaired) electrons. The molecule has 23 heavy (non-hydrogen) atoms. The van der Waals surface area contributed by atoms with E-state index >= 15 is 0 Å². The Hall–Kier alpha value is -1.04. The standard InChI is InChI=1S/C17H29F3O3/c1-3-4-5-6-7-8-9-10-11-12-13-22-14(2)23-17(21)15(18)16(19)20/h14H,3-13H2,1-2H3. The van der Waals surface area contributed by atoms with Gasteiger partial charge in [0.2, 0.25) is 6.29 Å². The van der Waals surface area contributed by atoms with Crippen molar-refractivity contribution >= 4 is 5.97 Å². The molecule has 0 spiro atoms. The molecule has 3 nitrogen and oxygen atoms in total. The predicted molar refractivity (Wildman–Crippen MR) is 83.7 cm³/mol. The van der Waals surface area contributed by atoms with E-state index < -0.39 is 24.2 Å². The second-order valence-corrected chi connectivity index (χ2v) is 5.60. The lowest BCUT2D eigenvalue weighted by Crippen LogP contribution is -2.19. The van der Waals surface area contributed by atoms with E-state index in [-0.39, 0.29) is 0 Å². The van der Waals surface area contributed by atoms with Crippen LogP contribution in [0.25, 0.3) is 0 Å². The fraction of sp³-hybridized carbons (Fsp3) is 0.824. The molecule has 0 saturated heterocycles. The van der Waals surface area contributed by atoms with Gasteiger partial charge in [0.05, 0.1) is 6.61 Å². The van der Waals surface area contributed by atoms with Crippen LogP contribution in [0, 0.1) is 0 Å². The van der Waals surface area contributed by atoms with Crippen LogP contribution in [0.2, 0.25) is 0 Å². The highest BCUT2D eigenvalue weighted by Gasteiger charge is 2.20. The summed E-state index contributed by atoms with van der Waals surface area (Å²) in [6, 6.07) is 0. The molecule has 6 heteroatoms. The van der Waals surface area contributed by atoms with Gasteiger partial charge in [0.25, 0.3) is 5.83 Å². The number of halogens is 3. The number of unbranched alkanes of at least 4 members (excludes halogenated alkanes) is 9. The zero-order valence-corrected chi connectivity index (χ0v) is 14.2. The van der Waals surface area contributed by atoms with Gasteiger partial charge in [0.15, 0.2) is 0 Å². The quantitative estimate of drug-likeness (QED) is 0.171. The van der Waals surface area contributed by atoms with Crippen LogP contribution in [0.5, 0.6) is 0 Å². The molecular weight excluding hydrogens is 309 g/mol. The smallest absolute Gasteiger partial charge is 0.375 e. The zero-order chi connectivity index (χ0) is 17.5. The lowest BCUT2D eigenvalue weighted by molar-refractivity contribution is -0.172. The van der Waals surface area contributed by atoms with Gasteiger partial charge in [-0.2, -0.15) is 13.2 Å². The van der Waals surface area contributed by atoms with Crippen molar-refractivity contribution in [2.75, 3.05) is 6.61 Å². The van der Waals surface area contributed by atoms with E-state index in [0.717, 1.165) is 19.3 Å². The van der Waals surface area contributed by atoms with Crippen molar-refractivity contribution in [2.24, 2.45) is 0 Å². The summed E-state index contributed by atoms with van der Waals surface area (Å²) in [5.41, 5.74) is 0. The maximum absolute atomic E-state index is 12.5. The van der Waals surface area contributed by atoms with Gasteiger partial charge in [-0.1, -0.05) is 64.7 Å². The molecular formula is C17H29F3O3. The Labute approximate surface area is 137 Å². The molecule has 0 aliphatic carbocycles. The Morgan fingerprint density at radius 2 is 1.35 bits per heavy atom. The Morgan fingerprint density at radius 3 is 1.83 bits per heavy atom. The third-order valence-electron chi connectivity index (χ3n) is 3.47. The molecule has 0 bridgehead atoms. The van der Waals surface area contributed by atoms with E-state index in [2.05, 4.69) is 11.7 Å². The highest BCUT2D eigenvalue weighted by Crippen LogP contribution is 2.13. The van der Waals surface area contributed by atoms with Gasteiger partial charge in [0, 0.05) is 0 Å². The minimum atomic E-state index is -2.68. The maximum Gasteiger partial charge on any atom is 0.375 e. The Bertz CT molecular complexity index is 342. The van der Waals surface area contributed by atoms with E-state index in [9.17, 15) is 18.0 Å². The first-order valence-electron chi connectivity index (χ1n) is 8.52. The number of hydrogen-bond donors (Lipinski definition) is 0. The highest BCUT2D eigenvalue weighted by molar-refractivity contribution is 5.86. The summed E-state index contributed by atoms with van der Waals surface area (Å²) >= 11 is 0. The highest BCUT2D eigenvalue weighted by atomic mass is 19.3. The van der Waals surface area contributed by atoms with Crippen molar-refractivity contribution < 1.29 is 27.4 Å². The largest absolute Gasteiger partial charge is 0.431 e. The Balaban J connectivity index is 3.44. The zero-order valence-electron chi connectivity index (χ0n) is 14.2. The van der Waals surface area contributed by atoms with Gasteiger partial charge in [-0.05, 0) is 13.3 Å². The van der Waals surface area contributed by atoms with E-state index in [1.165, 1.54) is 51.9 Å². The van der Waals surface area contributed by atoms with E-state index in [1.807, 2.05) is 0 Å². The van der Waals surface area contributed by atoms with Crippen LogP contribution >= 0.6 is 0 Å². The first-order valence-corrected chi connectivity index (χ1v) is 8.52. The number of hydrogen-bond acceptors (Lipinski definition) is 3. The summed E-state index contributed by atoms with van der Waals surface area (Å²) in [6.07, 6.45) is 8.15. The Kier molecular flexibility index (Phi) is 13.9. The molecule has 0 aromatic carbocycles. The second-order valence-electron chi connectivity index (χ2n) is 5.60. The lowest BCUT2D eigenvalue weighted by Gasteiger charge is -2.13. The number of carbonyl (C=O) groups excluding carboxylic acids is 1. The molecule has 0 aliphatic rings. The third kappa shape index (κ3) is 13.1. The minimum Gasteiger partial charge on any atom is -0.431 e. The van der Waals surface area contributed by atoms with E-state index in [1.54, 1.807) is 0 Å². The van der Waals surface area contributed by atoms with Gasteiger partial charge < -0.3 is 9.47 Å².